The van der Waals surface area contributed by atoms with E-state index < -0.39 is 0 Å². The van der Waals surface area contributed by atoms with Gasteiger partial charge in [0.25, 0.3) is 5.91 Å². The fourth-order valence-electron chi connectivity index (χ4n) is 3.19. The van der Waals surface area contributed by atoms with Crippen LogP contribution in [0.15, 0.2) is 34.8 Å². The zero-order chi connectivity index (χ0) is 21.1. The Morgan fingerprint density at radius 3 is 3.00 bits per heavy atom. The fraction of sp³-hybridized carbons (Fsp3) is 0.381. The maximum absolute atomic E-state index is 13.8. The van der Waals surface area contributed by atoms with E-state index in [0.717, 1.165) is 21.7 Å². The third kappa shape index (κ3) is 5.02. The van der Waals surface area contributed by atoms with E-state index in [0.29, 0.717) is 35.4 Å². The van der Waals surface area contributed by atoms with Gasteiger partial charge in [0, 0.05) is 23.9 Å². The first-order valence-corrected chi connectivity index (χ1v) is 11.7. The average molecular weight is 448 g/mol. The lowest BCUT2D eigenvalue weighted by molar-refractivity contribution is -0.142. The Bertz CT molecular complexity index is 1070. The molecule has 1 amide bonds. The number of carbonyl (C=O) groups excluding carboxylic acids is 2. The van der Waals surface area contributed by atoms with Crippen molar-refractivity contribution >= 4 is 51.0 Å². The van der Waals surface area contributed by atoms with Gasteiger partial charge in [0.05, 0.1) is 34.5 Å². The zero-order valence-corrected chi connectivity index (χ0v) is 18.2. The van der Waals surface area contributed by atoms with Gasteiger partial charge >= 0.3 is 5.97 Å². The standard InChI is InChI=1S/C21H22FN3O3S2/c1-2-28-18(26)7-8-29-19-10-23-21(30-19)24-20(27)16-12-25(11-13-3-4-13)17-9-14(22)5-6-15(16)17/h5-6,9-10,12-13H,2-4,7-8,11H2,1H3,(H,23,24,27). The minimum Gasteiger partial charge on any atom is -0.466 e. The lowest BCUT2D eigenvalue weighted by atomic mass is 10.1. The van der Waals surface area contributed by atoms with Crippen LogP contribution < -0.4 is 5.32 Å². The van der Waals surface area contributed by atoms with Gasteiger partial charge in [-0.25, -0.2) is 9.37 Å². The quantitative estimate of drug-likeness (QED) is 0.371. The van der Waals surface area contributed by atoms with Crippen molar-refractivity contribution in [1.82, 2.24) is 9.55 Å². The van der Waals surface area contributed by atoms with Crippen molar-refractivity contribution in [2.24, 2.45) is 5.92 Å². The number of hydrogen-bond donors (Lipinski definition) is 1. The van der Waals surface area contributed by atoms with Crippen molar-refractivity contribution in [3.63, 3.8) is 0 Å². The third-order valence-corrected chi connectivity index (χ3v) is 6.91. The molecule has 1 fully saturated rings. The van der Waals surface area contributed by atoms with Gasteiger partial charge in [-0.1, -0.05) is 11.3 Å². The summed E-state index contributed by atoms with van der Waals surface area (Å²) in [5.41, 5.74) is 1.25. The molecular formula is C21H22FN3O3S2. The number of benzene rings is 1. The molecule has 2 heterocycles. The number of halogens is 1. The van der Waals surface area contributed by atoms with Crippen LogP contribution in [0.5, 0.6) is 0 Å². The molecule has 0 unspecified atom stereocenters. The second-order valence-corrected chi connectivity index (χ2v) is 9.57. The molecule has 0 spiro atoms. The van der Waals surface area contributed by atoms with Crippen LogP contribution in [0.25, 0.3) is 10.9 Å². The first-order valence-electron chi connectivity index (χ1n) is 9.87. The molecule has 6 nitrogen and oxygen atoms in total. The van der Waals surface area contributed by atoms with E-state index in [4.69, 9.17) is 4.74 Å². The van der Waals surface area contributed by atoms with Gasteiger partial charge < -0.3 is 9.30 Å². The number of anilines is 1. The number of amides is 1. The SMILES string of the molecule is CCOC(=O)CCSc1cnc(NC(=O)c2cn(CC3CC3)c3cc(F)ccc23)s1. The van der Waals surface area contributed by atoms with Crippen molar-refractivity contribution in [3.05, 3.63) is 42.0 Å². The van der Waals surface area contributed by atoms with Crippen LogP contribution in [-0.4, -0.2) is 33.8 Å². The van der Waals surface area contributed by atoms with Gasteiger partial charge in [0.2, 0.25) is 0 Å². The summed E-state index contributed by atoms with van der Waals surface area (Å²) in [7, 11) is 0. The summed E-state index contributed by atoms with van der Waals surface area (Å²) >= 11 is 2.86. The Kier molecular flexibility index (Phi) is 6.38. The lowest BCUT2D eigenvalue weighted by Gasteiger charge is -2.02. The molecule has 1 aliphatic carbocycles. The molecule has 0 atom stereocenters. The van der Waals surface area contributed by atoms with Crippen LogP contribution in [0.4, 0.5) is 9.52 Å². The fourth-order valence-corrected chi connectivity index (χ4v) is 5.06. The number of fused-ring (bicyclic) bond motifs is 1. The van der Waals surface area contributed by atoms with Crippen molar-refractivity contribution in [1.29, 1.82) is 0 Å². The van der Waals surface area contributed by atoms with Crippen LogP contribution in [0.1, 0.15) is 36.5 Å². The summed E-state index contributed by atoms with van der Waals surface area (Å²) in [6, 6.07) is 4.51. The van der Waals surface area contributed by atoms with E-state index in [1.165, 1.54) is 48.1 Å². The number of carbonyl (C=O) groups is 2. The minimum absolute atomic E-state index is 0.220. The summed E-state index contributed by atoms with van der Waals surface area (Å²) in [5.74, 6) is 0.400. The first kappa shape index (κ1) is 20.9. The van der Waals surface area contributed by atoms with Crippen LogP contribution in [0.2, 0.25) is 0 Å². The Balaban J connectivity index is 1.43. The van der Waals surface area contributed by atoms with Gasteiger partial charge in [0.1, 0.15) is 5.82 Å². The van der Waals surface area contributed by atoms with Crippen LogP contribution in [-0.2, 0) is 16.1 Å². The molecular weight excluding hydrogens is 425 g/mol. The zero-order valence-electron chi connectivity index (χ0n) is 16.5. The van der Waals surface area contributed by atoms with Gasteiger partial charge in [-0.3, -0.25) is 14.9 Å². The van der Waals surface area contributed by atoms with Crippen LogP contribution in [0.3, 0.4) is 0 Å². The van der Waals surface area contributed by atoms with Crippen molar-refractivity contribution in [2.75, 3.05) is 17.7 Å². The molecule has 158 valence electrons. The highest BCUT2D eigenvalue weighted by Gasteiger charge is 2.24. The van der Waals surface area contributed by atoms with Gasteiger partial charge in [-0.05, 0) is 43.9 Å². The second kappa shape index (κ2) is 9.18. The largest absolute Gasteiger partial charge is 0.466 e. The lowest BCUT2D eigenvalue weighted by Crippen LogP contribution is -2.11. The van der Waals surface area contributed by atoms with Crippen molar-refractivity contribution in [2.45, 2.75) is 36.9 Å². The maximum atomic E-state index is 13.8. The monoisotopic (exact) mass is 447 g/mol. The summed E-state index contributed by atoms with van der Waals surface area (Å²) < 4.78 is 21.6. The van der Waals surface area contributed by atoms with Crippen molar-refractivity contribution < 1.29 is 18.7 Å². The van der Waals surface area contributed by atoms with E-state index >= 15 is 0 Å². The number of ether oxygens (including phenoxy) is 1. The van der Waals surface area contributed by atoms with E-state index in [-0.39, 0.29) is 17.7 Å². The number of hydrogen-bond acceptors (Lipinski definition) is 6. The topological polar surface area (TPSA) is 73.2 Å². The van der Waals surface area contributed by atoms with Gasteiger partial charge in [-0.15, -0.1) is 11.8 Å². The molecule has 0 bridgehead atoms. The number of esters is 1. The van der Waals surface area contributed by atoms with E-state index in [9.17, 15) is 14.0 Å². The van der Waals surface area contributed by atoms with E-state index in [2.05, 4.69) is 10.3 Å². The maximum Gasteiger partial charge on any atom is 0.306 e. The smallest absolute Gasteiger partial charge is 0.306 e. The molecule has 1 aromatic carbocycles. The molecule has 9 heteroatoms. The molecule has 2 aromatic heterocycles. The summed E-state index contributed by atoms with van der Waals surface area (Å²) in [5, 5.41) is 4.06. The number of nitrogens with zero attached hydrogens (tertiary/aromatic N) is 2. The number of thiazole rings is 1. The van der Waals surface area contributed by atoms with Gasteiger partial charge in [0.15, 0.2) is 5.13 Å². The molecule has 0 radical (unpaired) electrons. The Morgan fingerprint density at radius 1 is 1.40 bits per heavy atom. The third-order valence-electron chi connectivity index (χ3n) is 4.80. The predicted molar refractivity (Wildman–Crippen MR) is 117 cm³/mol. The highest BCUT2D eigenvalue weighted by atomic mass is 32.2. The average Bonchev–Trinajstić information content (AvgIpc) is 3.31. The number of thioether (sulfide) groups is 1. The predicted octanol–water partition coefficient (Wildman–Crippen LogP) is 4.94. The number of rotatable bonds is 9. The Morgan fingerprint density at radius 2 is 2.23 bits per heavy atom. The molecule has 30 heavy (non-hydrogen) atoms. The molecule has 0 saturated heterocycles. The highest BCUT2D eigenvalue weighted by molar-refractivity contribution is 8.01. The summed E-state index contributed by atoms with van der Waals surface area (Å²) in [6.07, 6.45) is 6.16. The molecule has 3 aromatic rings. The van der Waals surface area contributed by atoms with Crippen LogP contribution in [0, 0.1) is 11.7 Å². The molecule has 1 N–H and O–H groups in total. The van der Waals surface area contributed by atoms with Gasteiger partial charge in [-0.2, -0.15) is 0 Å². The Hall–Kier alpha value is -2.39. The molecule has 1 saturated carbocycles. The number of aromatic nitrogens is 2. The minimum atomic E-state index is -0.311. The first-order chi connectivity index (χ1) is 14.5. The molecule has 4 rings (SSSR count). The second-order valence-electron chi connectivity index (χ2n) is 7.14. The van der Waals surface area contributed by atoms with E-state index in [1.807, 2.05) is 4.57 Å². The highest BCUT2D eigenvalue weighted by Crippen LogP contribution is 2.34. The molecule has 1 aliphatic rings. The summed E-state index contributed by atoms with van der Waals surface area (Å²) in [4.78, 5) is 28.6. The van der Waals surface area contributed by atoms with Crippen molar-refractivity contribution in [3.8, 4) is 0 Å². The van der Waals surface area contributed by atoms with E-state index in [1.54, 1.807) is 25.4 Å². The Labute approximate surface area is 181 Å². The molecule has 0 aliphatic heterocycles. The summed E-state index contributed by atoms with van der Waals surface area (Å²) in [6.45, 7) is 2.96. The normalized spacial score (nSPS) is 13.5. The van der Waals surface area contributed by atoms with Crippen LogP contribution >= 0.6 is 23.1 Å². The number of nitrogens with one attached hydrogen (secondary N) is 1.